The SMILES string of the molecule is NNC(Cc1cc(Br)ccc1F)CC1CCSCC1. The highest BCUT2D eigenvalue weighted by Gasteiger charge is 2.19. The molecule has 1 aliphatic heterocycles. The number of hydrazine groups is 1. The van der Waals surface area contributed by atoms with Crippen molar-refractivity contribution < 1.29 is 4.39 Å². The van der Waals surface area contributed by atoms with E-state index >= 15 is 0 Å². The Bertz CT molecular complexity index is 410. The van der Waals surface area contributed by atoms with Gasteiger partial charge in [0.05, 0.1) is 0 Å². The summed E-state index contributed by atoms with van der Waals surface area (Å²) in [7, 11) is 0. The molecule has 1 heterocycles. The van der Waals surface area contributed by atoms with Crippen LogP contribution in [0.25, 0.3) is 0 Å². The summed E-state index contributed by atoms with van der Waals surface area (Å²) < 4.78 is 14.7. The summed E-state index contributed by atoms with van der Waals surface area (Å²) >= 11 is 5.41. The Morgan fingerprint density at radius 2 is 2.16 bits per heavy atom. The van der Waals surface area contributed by atoms with Crippen molar-refractivity contribution in [3.05, 3.63) is 34.1 Å². The van der Waals surface area contributed by atoms with Crippen LogP contribution in [0.4, 0.5) is 4.39 Å². The molecule has 1 saturated heterocycles. The third-order valence-corrected chi connectivity index (χ3v) is 5.21. The second-order valence-corrected chi connectivity index (χ2v) is 7.24. The Hall–Kier alpha value is -0.100. The lowest BCUT2D eigenvalue weighted by Gasteiger charge is -2.26. The van der Waals surface area contributed by atoms with Gasteiger partial charge in [-0.1, -0.05) is 15.9 Å². The van der Waals surface area contributed by atoms with Crippen LogP contribution in [0.1, 0.15) is 24.8 Å². The van der Waals surface area contributed by atoms with Gasteiger partial charge < -0.3 is 0 Å². The lowest BCUT2D eigenvalue weighted by atomic mass is 9.91. The monoisotopic (exact) mass is 346 g/mol. The van der Waals surface area contributed by atoms with Gasteiger partial charge in [-0.05, 0) is 66.9 Å². The van der Waals surface area contributed by atoms with Crippen LogP contribution in [-0.2, 0) is 6.42 Å². The van der Waals surface area contributed by atoms with Crippen LogP contribution in [-0.4, -0.2) is 17.5 Å². The number of rotatable bonds is 5. The molecule has 2 nitrogen and oxygen atoms in total. The maximum Gasteiger partial charge on any atom is 0.126 e. The smallest absolute Gasteiger partial charge is 0.126 e. The fraction of sp³-hybridized carbons (Fsp3) is 0.571. The van der Waals surface area contributed by atoms with E-state index in [1.54, 1.807) is 6.07 Å². The predicted molar refractivity (Wildman–Crippen MR) is 83.6 cm³/mol. The minimum atomic E-state index is -0.150. The maximum absolute atomic E-state index is 13.8. The standard InChI is InChI=1S/C14H20BrFN2S/c15-12-1-2-14(16)11(8-12)9-13(18-17)7-10-3-5-19-6-4-10/h1-2,8,10,13,18H,3-7,9,17H2. The summed E-state index contributed by atoms with van der Waals surface area (Å²) in [5.74, 6) is 8.69. The minimum absolute atomic E-state index is 0.150. The molecule has 0 radical (unpaired) electrons. The number of hydrogen-bond donors (Lipinski definition) is 2. The highest BCUT2D eigenvalue weighted by Crippen LogP contribution is 2.27. The Morgan fingerprint density at radius 1 is 1.42 bits per heavy atom. The van der Waals surface area contributed by atoms with E-state index in [9.17, 15) is 4.39 Å². The molecule has 1 aliphatic rings. The zero-order chi connectivity index (χ0) is 13.7. The fourth-order valence-electron chi connectivity index (χ4n) is 2.56. The van der Waals surface area contributed by atoms with E-state index < -0.39 is 0 Å². The fourth-order valence-corrected chi connectivity index (χ4v) is 4.17. The highest BCUT2D eigenvalue weighted by molar-refractivity contribution is 9.10. The van der Waals surface area contributed by atoms with Gasteiger partial charge in [-0.15, -0.1) is 0 Å². The average Bonchev–Trinajstić information content (AvgIpc) is 2.43. The molecule has 1 fully saturated rings. The number of hydrogen-bond acceptors (Lipinski definition) is 3. The summed E-state index contributed by atoms with van der Waals surface area (Å²) in [5, 5.41) is 0. The first kappa shape index (κ1) is 15.3. The van der Waals surface area contributed by atoms with Gasteiger partial charge in [-0.25, -0.2) is 4.39 Å². The lowest BCUT2D eigenvalue weighted by Crippen LogP contribution is -2.39. The molecule has 3 N–H and O–H groups in total. The summed E-state index contributed by atoms with van der Waals surface area (Å²) in [6.07, 6.45) is 4.18. The van der Waals surface area contributed by atoms with Crippen molar-refractivity contribution in [1.29, 1.82) is 0 Å². The number of benzene rings is 1. The van der Waals surface area contributed by atoms with Crippen LogP contribution >= 0.6 is 27.7 Å². The molecule has 5 heteroatoms. The first-order chi connectivity index (χ1) is 9.19. The van der Waals surface area contributed by atoms with Crippen molar-refractivity contribution in [2.45, 2.75) is 31.7 Å². The van der Waals surface area contributed by atoms with E-state index in [0.29, 0.717) is 6.42 Å². The number of nitrogens with two attached hydrogens (primary N) is 1. The van der Waals surface area contributed by atoms with Crippen LogP contribution in [0.3, 0.4) is 0 Å². The van der Waals surface area contributed by atoms with Gasteiger partial charge in [0.1, 0.15) is 5.82 Å². The van der Waals surface area contributed by atoms with E-state index in [1.807, 2.05) is 17.8 Å². The molecule has 0 amide bonds. The number of thioether (sulfide) groups is 1. The summed E-state index contributed by atoms with van der Waals surface area (Å²) in [6, 6.07) is 5.22. The van der Waals surface area contributed by atoms with Crippen molar-refractivity contribution in [2.24, 2.45) is 11.8 Å². The molecule has 0 spiro atoms. The molecule has 1 atom stereocenters. The van der Waals surface area contributed by atoms with Gasteiger partial charge in [-0.3, -0.25) is 11.3 Å². The van der Waals surface area contributed by atoms with E-state index in [-0.39, 0.29) is 11.9 Å². The lowest BCUT2D eigenvalue weighted by molar-refractivity contribution is 0.363. The molecular weight excluding hydrogens is 327 g/mol. The Kier molecular flexibility index (Phi) is 6.13. The molecule has 19 heavy (non-hydrogen) atoms. The highest BCUT2D eigenvalue weighted by atomic mass is 79.9. The van der Waals surface area contributed by atoms with Crippen LogP contribution in [0.15, 0.2) is 22.7 Å². The van der Waals surface area contributed by atoms with Crippen molar-refractivity contribution in [1.82, 2.24) is 5.43 Å². The average molecular weight is 347 g/mol. The molecule has 0 saturated carbocycles. The minimum Gasteiger partial charge on any atom is -0.271 e. The maximum atomic E-state index is 13.8. The van der Waals surface area contributed by atoms with Crippen LogP contribution in [0.5, 0.6) is 0 Å². The molecule has 106 valence electrons. The zero-order valence-corrected chi connectivity index (χ0v) is 13.3. The third-order valence-electron chi connectivity index (χ3n) is 3.67. The number of nitrogens with one attached hydrogen (secondary N) is 1. The normalized spacial score (nSPS) is 18.5. The molecule has 1 unspecified atom stereocenters. The molecule has 1 aromatic rings. The summed E-state index contributed by atoms with van der Waals surface area (Å²) in [4.78, 5) is 0. The Labute approximate surface area is 126 Å². The van der Waals surface area contributed by atoms with E-state index in [4.69, 9.17) is 5.84 Å². The van der Waals surface area contributed by atoms with Crippen molar-refractivity contribution in [3.63, 3.8) is 0 Å². The predicted octanol–water partition coefficient (Wildman–Crippen LogP) is 3.50. The molecule has 0 bridgehead atoms. The Morgan fingerprint density at radius 3 is 2.84 bits per heavy atom. The van der Waals surface area contributed by atoms with Crippen molar-refractivity contribution in [2.75, 3.05) is 11.5 Å². The summed E-state index contributed by atoms with van der Waals surface area (Å²) in [5.41, 5.74) is 3.58. The number of halogens is 2. The van der Waals surface area contributed by atoms with Gasteiger partial charge in [0, 0.05) is 10.5 Å². The van der Waals surface area contributed by atoms with Gasteiger partial charge in [0.15, 0.2) is 0 Å². The molecule has 1 aromatic carbocycles. The topological polar surface area (TPSA) is 38.0 Å². The van der Waals surface area contributed by atoms with Crippen LogP contribution < -0.4 is 11.3 Å². The van der Waals surface area contributed by atoms with E-state index in [0.717, 1.165) is 22.4 Å². The first-order valence-corrected chi connectivity index (χ1v) is 8.61. The van der Waals surface area contributed by atoms with Gasteiger partial charge in [-0.2, -0.15) is 11.8 Å². The quantitative estimate of drug-likeness (QED) is 0.633. The molecule has 0 aromatic heterocycles. The van der Waals surface area contributed by atoms with Crippen molar-refractivity contribution in [3.8, 4) is 0 Å². The van der Waals surface area contributed by atoms with Gasteiger partial charge >= 0.3 is 0 Å². The van der Waals surface area contributed by atoms with Gasteiger partial charge in [0.25, 0.3) is 0 Å². The molecule has 0 aliphatic carbocycles. The summed E-state index contributed by atoms with van der Waals surface area (Å²) in [6.45, 7) is 0. The van der Waals surface area contributed by atoms with Crippen LogP contribution in [0, 0.1) is 11.7 Å². The van der Waals surface area contributed by atoms with Gasteiger partial charge in [0.2, 0.25) is 0 Å². The first-order valence-electron chi connectivity index (χ1n) is 6.67. The second-order valence-electron chi connectivity index (χ2n) is 5.09. The molecular formula is C14H20BrFN2S. The Balaban J connectivity index is 1.95. The van der Waals surface area contributed by atoms with E-state index in [2.05, 4.69) is 21.4 Å². The van der Waals surface area contributed by atoms with E-state index in [1.165, 1.54) is 30.4 Å². The van der Waals surface area contributed by atoms with Crippen LogP contribution in [0.2, 0.25) is 0 Å². The third kappa shape index (κ3) is 4.74. The largest absolute Gasteiger partial charge is 0.271 e. The zero-order valence-electron chi connectivity index (χ0n) is 10.9. The van der Waals surface area contributed by atoms with Crippen molar-refractivity contribution >= 4 is 27.7 Å². The second kappa shape index (κ2) is 7.62. The molecule has 2 rings (SSSR count).